The van der Waals surface area contributed by atoms with Crippen molar-refractivity contribution in [2.75, 3.05) is 14.2 Å². The van der Waals surface area contributed by atoms with Crippen molar-refractivity contribution in [1.29, 1.82) is 21.0 Å². The molecule has 23 heavy (non-hydrogen) atoms. The zero-order chi connectivity index (χ0) is 17.1. The monoisotopic (exact) mass is 306 g/mol. The van der Waals surface area contributed by atoms with Crippen molar-refractivity contribution in [3.8, 4) is 24.3 Å². The number of hydrogen-bond donors (Lipinski definition) is 0. The molecule has 114 valence electrons. The maximum atomic E-state index is 9.78. The van der Waals surface area contributed by atoms with E-state index in [1.165, 1.54) is 14.2 Å². The number of rotatable bonds is 3. The van der Waals surface area contributed by atoms with E-state index in [9.17, 15) is 21.0 Å². The van der Waals surface area contributed by atoms with Crippen molar-refractivity contribution < 1.29 is 9.47 Å². The van der Waals surface area contributed by atoms with E-state index in [-0.39, 0.29) is 6.42 Å². The van der Waals surface area contributed by atoms with Crippen LogP contribution in [0.15, 0.2) is 30.3 Å². The van der Waals surface area contributed by atoms with Gasteiger partial charge in [0.05, 0.1) is 24.3 Å². The van der Waals surface area contributed by atoms with Crippen LogP contribution in [0.2, 0.25) is 0 Å². The summed E-state index contributed by atoms with van der Waals surface area (Å²) in [5.41, 5.74) is -3.31. The fourth-order valence-corrected chi connectivity index (χ4v) is 3.47. The summed E-state index contributed by atoms with van der Waals surface area (Å²) in [5.74, 6) is -2.36. The number of nitriles is 4. The van der Waals surface area contributed by atoms with Gasteiger partial charge < -0.3 is 9.47 Å². The normalized spacial score (nSPS) is 23.0. The fraction of sp³-hybridized carbons (Fsp3) is 0.412. The lowest BCUT2D eigenvalue weighted by molar-refractivity contribution is -0.240. The van der Waals surface area contributed by atoms with Gasteiger partial charge in [-0.1, -0.05) is 30.3 Å². The van der Waals surface area contributed by atoms with Crippen LogP contribution in [0.5, 0.6) is 0 Å². The number of ether oxygens (including phenoxy) is 2. The van der Waals surface area contributed by atoms with Crippen LogP contribution in [0.1, 0.15) is 17.9 Å². The molecule has 1 fully saturated rings. The van der Waals surface area contributed by atoms with Crippen molar-refractivity contribution in [3.63, 3.8) is 0 Å². The molecule has 6 heteroatoms. The molecule has 0 radical (unpaired) electrons. The van der Waals surface area contributed by atoms with Gasteiger partial charge in [0.15, 0.2) is 5.41 Å². The molecule has 0 spiro atoms. The Labute approximate surface area is 134 Å². The highest BCUT2D eigenvalue weighted by molar-refractivity contribution is 5.48. The summed E-state index contributed by atoms with van der Waals surface area (Å²) in [7, 11) is 2.61. The molecule has 1 atom stereocenters. The quantitative estimate of drug-likeness (QED) is 0.791. The van der Waals surface area contributed by atoms with E-state index >= 15 is 0 Å². The highest BCUT2D eigenvalue weighted by Gasteiger charge is 2.77. The third-order valence-electron chi connectivity index (χ3n) is 4.71. The molecule has 2 rings (SSSR count). The average molecular weight is 306 g/mol. The highest BCUT2D eigenvalue weighted by Crippen LogP contribution is 2.65. The molecule has 0 aromatic heterocycles. The summed E-state index contributed by atoms with van der Waals surface area (Å²) >= 11 is 0. The summed E-state index contributed by atoms with van der Waals surface area (Å²) in [5, 5.41) is 39.1. The largest absolute Gasteiger partial charge is 0.351 e. The van der Waals surface area contributed by atoms with E-state index in [0.717, 1.165) is 0 Å². The minimum atomic E-state index is -2.08. The first-order chi connectivity index (χ1) is 11.1. The minimum absolute atomic E-state index is 0.0479. The molecule has 1 aliphatic rings. The van der Waals surface area contributed by atoms with Gasteiger partial charge in [-0.2, -0.15) is 21.0 Å². The van der Waals surface area contributed by atoms with Crippen LogP contribution < -0.4 is 0 Å². The predicted molar refractivity (Wildman–Crippen MR) is 77.9 cm³/mol. The van der Waals surface area contributed by atoms with Crippen LogP contribution in [0, 0.1) is 56.2 Å². The second-order valence-corrected chi connectivity index (χ2v) is 5.33. The van der Waals surface area contributed by atoms with Crippen molar-refractivity contribution in [2.45, 2.75) is 18.1 Å². The first-order valence-electron chi connectivity index (χ1n) is 6.87. The Kier molecular flexibility index (Phi) is 4.09. The van der Waals surface area contributed by atoms with Gasteiger partial charge in [0.25, 0.3) is 0 Å². The molecule has 1 saturated carbocycles. The Hall–Kier alpha value is -2.90. The zero-order valence-corrected chi connectivity index (χ0v) is 12.8. The Morgan fingerprint density at radius 1 is 0.913 bits per heavy atom. The summed E-state index contributed by atoms with van der Waals surface area (Å²) < 4.78 is 10.8. The second kappa shape index (κ2) is 5.71. The van der Waals surface area contributed by atoms with Gasteiger partial charge in [0.2, 0.25) is 11.2 Å². The second-order valence-electron chi connectivity index (χ2n) is 5.33. The average Bonchev–Trinajstić information content (AvgIpc) is 2.89. The maximum absolute atomic E-state index is 9.78. The molecule has 0 amide bonds. The summed E-state index contributed by atoms with van der Waals surface area (Å²) in [4.78, 5) is 0. The van der Waals surface area contributed by atoms with Gasteiger partial charge in [0, 0.05) is 26.6 Å². The molecule has 0 heterocycles. The molecular weight excluding hydrogens is 292 g/mol. The third-order valence-corrected chi connectivity index (χ3v) is 4.71. The van der Waals surface area contributed by atoms with Gasteiger partial charge in [-0.05, 0) is 5.56 Å². The van der Waals surface area contributed by atoms with Crippen LogP contribution >= 0.6 is 0 Å². The summed E-state index contributed by atoms with van der Waals surface area (Å²) in [6.07, 6.45) is 0.0479. The van der Waals surface area contributed by atoms with Crippen LogP contribution in [-0.2, 0) is 9.47 Å². The van der Waals surface area contributed by atoms with Crippen molar-refractivity contribution in [2.24, 2.45) is 10.8 Å². The maximum Gasteiger partial charge on any atom is 0.228 e. The summed E-state index contributed by atoms with van der Waals surface area (Å²) in [6.45, 7) is 0. The first kappa shape index (κ1) is 16.5. The number of benzene rings is 1. The lowest BCUT2D eigenvalue weighted by Crippen LogP contribution is -2.52. The molecule has 0 saturated heterocycles. The van der Waals surface area contributed by atoms with E-state index in [2.05, 4.69) is 0 Å². The Bertz CT molecular complexity index is 729. The molecule has 6 nitrogen and oxygen atoms in total. The van der Waals surface area contributed by atoms with E-state index in [1.54, 1.807) is 30.3 Å². The smallest absolute Gasteiger partial charge is 0.228 e. The molecule has 1 aromatic rings. The van der Waals surface area contributed by atoms with Crippen LogP contribution in [0.25, 0.3) is 0 Å². The zero-order valence-electron chi connectivity index (χ0n) is 12.8. The van der Waals surface area contributed by atoms with Gasteiger partial charge in [-0.3, -0.25) is 0 Å². The molecule has 0 unspecified atom stereocenters. The van der Waals surface area contributed by atoms with Crippen LogP contribution in [0.4, 0.5) is 0 Å². The first-order valence-corrected chi connectivity index (χ1v) is 6.87. The lowest BCUT2D eigenvalue weighted by atomic mass is 9.62. The van der Waals surface area contributed by atoms with E-state index in [4.69, 9.17) is 9.47 Å². The number of methoxy groups -OCH3 is 2. The van der Waals surface area contributed by atoms with Crippen molar-refractivity contribution in [3.05, 3.63) is 35.9 Å². The molecule has 0 aliphatic heterocycles. The Morgan fingerprint density at radius 3 is 1.83 bits per heavy atom. The Balaban J connectivity index is 2.85. The van der Waals surface area contributed by atoms with Gasteiger partial charge in [-0.25, -0.2) is 0 Å². The summed E-state index contributed by atoms with van der Waals surface area (Å²) in [6, 6.07) is 16.4. The molecular formula is C17H14N4O2. The van der Waals surface area contributed by atoms with Gasteiger partial charge >= 0.3 is 0 Å². The number of nitrogens with zero attached hydrogens (tertiary/aromatic N) is 4. The van der Waals surface area contributed by atoms with Crippen LogP contribution in [0.3, 0.4) is 0 Å². The Morgan fingerprint density at radius 2 is 1.43 bits per heavy atom. The van der Waals surface area contributed by atoms with Gasteiger partial charge in [-0.15, -0.1) is 0 Å². The molecule has 1 aliphatic carbocycles. The highest BCUT2D eigenvalue weighted by atomic mass is 16.7. The fourth-order valence-electron chi connectivity index (χ4n) is 3.47. The predicted octanol–water partition coefficient (Wildman–Crippen LogP) is 2.23. The standard InChI is InChI=1S/C17H14N4O2/c1-22-17(23-2)8-14(13-6-4-3-5-7-13)15(9-18,10-19)16(17,11-20)12-21/h3-7,14H,8H2,1-2H3/t14-/m1/s1. The van der Waals surface area contributed by atoms with Crippen LogP contribution in [-0.4, -0.2) is 20.0 Å². The SMILES string of the molecule is COC1(OC)C[C@H](c2ccccc2)C(C#N)(C#N)C1(C#N)C#N. The topological polar surface area (TPSA) is 114 Å². The lowest BCUT2D eigenvalue weighted by Gasteiger charge is -2.37. The van der Waals surface area contributed by atoms with Crippen molar-refractivity contribution >= 4 is 0 Å². The van der Waals surface area contributed by atoms with Crippen molar-refractivity contribution in [1.82, 2.24) is 0 Å². The van der Waals surface area contributed by atoms with Gasteiger partial charge in [0.1, 0.15) is 0 Å². The molecule has 0 bridgehead atoms. The van der Waals surface area contributed by atoms with E-state index in [0.29, 0.717) is 5.56 Å². The molecule has 1 aromatic carbocycles. The third kappa shape index (κ3) is 1.77. The number of hydrogen-bond acceptors (Lipinski definition) is 6. The minimum Gasteiger partial charge on any atom is -0.351 e. The molecule has 0 N–H and O–H groups in total. The van der Waals surface area contributed by atoms with E-state index in [1.807, 2.05) is 24.3 Å². The van der Waals surface area contributed by atoms with E-state index < -0.39 is 22.5 Å².